The Morgan fingerprint density at radius 3 is 2.35 bits per heavy atom. The Balaban J connectivity index is 1.06. The number of alkyl carbamates (subject to hydrolysis) is 1. The molecule has 1 aromatic carbocycles. The van der Waals surface area contributed by atoms with Gasteiger partial charge in [-0.05, 0) is 91.5 Å². The predicted molar refractivity (Wildman–Crippen MR) is 202 cm³/mol. The van der Waals surface area contributed by atoms with Gasteiger partial charge in [0.25, 0.3) is 0 Å². The van der Waals surface area contributed by atoms with Crippen LogP contribution in [0.15, 0.2) is 29.3 Å². The number of carbonyl (C=O) groups is 3. The molecular formula is C38H52ClN7O4S. The highest BCUT2D eigenvalue weighted by atomic mass is 35.5. The first-order chi connectivity index (χ1) is 24.3. The van der Waals surface area contributed by atoms with E-state index in [9.17, 15) is 14.4 Å². The number of hydrogen-bond donors (Lipinski definition) is 1. The summed E-state index contributed by atoms with van der Waals surface area (Å²) in [5.74, 6) is 1.85. The van der Waals surface area contributed by atoms with E-state index >= 15 is 0 Å². The number of rotatable bonds is 14. The van der Waals surface area contributed by atoms with Crippen LogP contribution in [0.1, 0.15) is 111 Å². The van der Waals surface area contributed by atoms with Crippen molar-refractivity contribution in [3.8, 4) is 5.00 Å². The van der Waals surface area contributed by atoms with E-state index in [0.717, 1.165) is 92.5 Å². The van der Waals surface area contributed by atoms with E-state index in [1.807, 2.05) is 56.9 Å². The van der Waals surface area contributed by atoms with E-state index in [-0.39, 0.29) is 18.1 Å². The Bertz CT molecular complexity index is 1720. The molecule has 2 aromatic heterocycles. The predicted octanol–water partition coefficient (Wildman–Crippen LogP) is 7.16. The maximum Gasteiger partial charge on any atom is 0.407 e. The number of piperazine rings is 1. The van der Waals surface area contributed by atoms with E-state index in [4.69, 9.17) is 21.3 Å². The molecule has 5 rings (SSSR count). The quantitative estimate of drug-likeness (QED) is 0.174. The van der Waals surface area contributed by atoms with Gasteiger partial charge >= 0.3 is 6.09 Å². The second-order valence-electron chi connectivity index (χ2n) is 14.6. The highest BCUT2D eigenvalue weighted by molar-refractivity contribution is 7.15. The molecule has 51 heavy (non-hydrogen) atoms. The van der Waals surface area contributed by atoms with E-state index in [1.165, 1.54) is 10.4 Å². The van der Waals surface area contributed by atoms with Crippen molar-refractivity contribution < 1.29 is 19.1 Å². The fourth-order valence-electron chi connectivity index (χ4n) is 6.57. The average Bonchev–Trinajstić information content (AvgIpc) is 3.56. The molecule has 0 unspecified atom stereocenters. The van der Waals surface area contributed by atoms with Gasteiger partial charge in [-0.15, -0.1) is 21.5 Å². The topological polar surface area (TPSA) is 122 Å². The SMILES string of the molecule is Cc1sc2c(c1C)C(c1ccc(Cl)cc1)=N[C@@H](CC(=O)CCCCN1CCN(C(=O)CCCCCNC(=O)OC(C)(C)C)CC1)c1nnc(C)n1-2. The maximum absolute atomic E-state index is 13.4. The normalized spacial score (nSPS) is 16.3. The number of hydrogen-bond acceptors (Lipinski definition) is 9. The number of nitrogens with zero attached hydrogens (tertiary/aromatic N) is 6. The lowest BCUT2D eigenvalue weighted by atomic mass is 9.99. The number of carbonyl (C=O) groups excluding carboxylic acids is 3. The molecule has 0 bridgehead atoms. The van der Waals surface area contributed by atoms with Crippen molar-refractivity contribution in [3.05, 3.63) is 62.5 Å². The lowest BCUT2D eigenvalue weighted by molar-refractivity contribution is -0.133. The minimum Gasteiger partial charge on any atom is -0.444 e. The molecule has 1 fully saturated rings. The Kier molecular flexibility index (Phi) is 13.1. The van der Waals surface area contributed by atoms with Gasteiger partial charge in [0, 0.05) is 73.0 Å². The first kappa shape index (κ1) is 38.6. The van der Waals surface area contributed by atoms with Crippen LogP contribution in [0.3, 0.4) is 0 Å². The van der Waals surface area contributed by atoms with Crippen LogP contribution in [-0.4, -0.2) is 92.9 Å². The molecule has 0 spiro atoms. The fraction of sp³-hybridized carbons (Fsp3) is 0.579. The fourth-order valence-corrected chi connectivity index (χ4v) is 7.91. The Labute approximate surface area is 310 Å². The maximum atomic E-state index is 13.4. The summed E-state index contributed by atoms with van der Waals surface area (Å²) in [6.45, 7) is 16.3. The van der Waals surface area contributed by atoms with Crippen LogP contribution >= 0.6 is 22.9 Å². The van der Waals surface area contributed by atoms with Crippen LogP contribution in [0.2, 0.25) is 5.02 Å². The molecule has 1 N–H and O–H groups in total. The van der Waals surface area contributed by atoms with Crippen molar-refractivity contribution in [2.24, 2.45) is 4.99 Å². The van der Waals surface area contributed by atoms with Gasteiger partial charge in [-0.25, -0.2) is 4.79 Å². The van der Waals surface area contributed by atoms with Crippen molar-refractivity contribution in [3.63, 3.8) is 0 Å². The van der Waals surface area contributed by atoms with Crippen molar-refractivity contribution in [2.75, 3.05) is 39.3 Å². The molecule has 2 amide bonds. The van der Waals surface area contributed by atoms with Gasteiger partial charge < -0.3 is 15.0 Å². The molecule has 1 atom stereocenters. The van der Waals surface area contributed by atoms with Crippen LogP contribution in [0.25, 0.3) is 5.00 Å². The molecule has 276 valence electrons. The molecule has 0 aliphatic carbocycles. The summed E-state index contributed by atoms with van der Waals surface area (Å²) in [5.41, 5.74) is 3.54. The lowest BCUT2D eigenvalue weighted by Crippen LogP contribution is -2.48. The Morgan fingerprint density at radius 1 is 0.941 bits per heavy atom. The number of ether oxygens (including phenoxy) is 1. The van der Waals surface area contributed by atoms with Gasteiger partial charge in [0.15, 0.2) is 5.82 Å². The van der Waals surface area contributed by atoms with Gasteiger partial charge in [-0.3, -0.25) is 24.0 Å². The zero-order valence-electron chi connectivity index (χ0n) is 30.9. The van der Waals surface area contributed by atoms with Gasteiger partial charge in [0.2, 0.25) is 5.91 Å². The highest BCUT2D eigenvalue weighted by Crippen LogP contribution is 2.39. The number of amides is 2. The highest BCUT2D eigenvalue weighted by Gasteiger charge is 2.32. The van der Waals surface area contributed by atoms with Crippen molar-refractivity contribution in [2.45, 2.75) is 105 Å². The standard InChI is InChI=1S/C38H52ClN7O4S/c1-25-26(2)51-36-33(25)34(28-14-16-29(39)17-15-28)41-31(35-43-42-27(3)46(35)36)24-30(47)12-9-11-19-44-20-22-45(23-21-44)32(48)13-8-7-10-18-40-37(49)50-38(4,5)6/h14-17,31H,7-13,18-24H2,1-6H3,(H,40,49)/t31-/m0/s1. The molecule has 13 heteroatoms. The minimum absolute atomic E-state index is 0.167. The van der Waals surface area contributed by atoms with Crippen LogP contribution < -0.4 is 5.32 Å². The van der Waals surface area contributed by atoms with Crippen molar-refractivity contribution in [1.29, 1.82) is 0 Å². The number of fused-ring (bicyclic) bond motifs is 3. The first-order valence-corrected chi connectivity index (χ1v) is 19.3. The van der Waals surface area contributed by atoms with Crippen LogP contribution in [0.5, 0.6) is 0 Å². The number of aromatic nitrogens is 3. The molecule has 0 radical (unpaired) electrons. The van der Waals surface area contributed by atoms with Crippen LogP contribution in [0.4, 0.5) is 4.79 Å². The average molecular weight is 738 g/mol. The Morgan fingerprint density at radius 2 is 1.65 bits per heavy atom. The number of nitrogens with one attached hydrogen (secondary N) is 1. The summed E-state index contributed by atoms with van der Waals surface area (Å²) in [6.07, 6.45) is 5.12. The third-order valence-electron chi connectivity index (χ3n) is 9.42. The van der Waals surface area contributed by atoms with Gasteiger partial charge in [-0.1, -0.05) is 30.2 Å². The summed E-state index contributed by atoms with van der Waals surface area (Å²) in [7, 11) is 0. The summed E-state index contributed by atoms with van der Waals surface area (Å²) < 4.78 is 7.33. The Hall–Kier alpha value is -3.61. The minimum atomic E-state index is -0.506. The molecule has 1 saturated heterocycles. The number of benzene rings is 1. The van der Waals surface area contributed by atoms with E-state index in [0.29, 0.717) is 30.2 Å². The van der Waals surface area contributed by atoms with Crippen LogP contribution in [0, 0.1) is 20.8 Å². The van der Waals surface area contributed by atoms with Crippen LogP contribution in [-0.2, 0) is 14.3 Å². The monoisotopic (exact) mass is 737 g/mol. The number of halogens is 1. The van der Waals surface area contributed by atoms with E-state index in [2.05, 4.69) is 38.8 Å². The number of thiophene rings is 1. The molecule has 11 nitrogen and oxygen atoms in total. The summed E-state index contributed by atoms with van der Waals surface area (Å²) in [5, 5.41) is 13.4. The van der Waals surface area contributed by atoms with E-state index < -0.39 is 17.7 Å². The molecule has 2 aliphatic rings. The number of unbranched alkanes of at least 4 members (excludes halogenated alkanes) is 3. The zero-order chi connectivity index (χ0) is 36.7. The zero-order valence-corrected chi connectivity index (χ0v) is 32.5. The third kappa shape index (κ3) is 10.3. The summed E-state index contributed by atoms with van der Waals surface area (Å²) in [4.78, 5) is 48.7. The number of aryl methyl sites for hydroxylation is 2. The number of aliphatic imine (C=N–C) groups is 1. The summed E-state index contributed by atoms with van der Waals surface area (Å²) >= 11 is 7.94. The second kappa shape index (κ2) is 17.3. The van der Waals surface area contributed by atoms with Crippen molar-refractivity contribution in [1.82, 2.24) is 29.9 Å². The number of ketones is 1. The lowest BCUT2D eigenvalue weighted by Gasteiger charge is -2.34. The van der Waals surface area contributed by atoms with Gasteiger partial charge in [-0.2, -0.15) is 0 Å². The third-order valence-corrected chi connectivity index (χ3v) is 10.9. The summed E-state index contributed by atoms with van der Waals surface area (Å²) in [6, 6.07) is 7.29. The second-order valence-corrected chi connectivity index (χ2v) is 16.2. The molecule has 0 saturated carbocycles. The smallest absolute Gasteiger partial charge is 0.407 e. The van der Waals surface area contributed by atoms with E-state index in [1.54, 1.807) is 11.3 Å². The molecule has 2 aliphatic heterocycles. The molecule has 3 aromatic rings. The largest absolute Gasteiger partial charge is 0.444 e. The number of Topliss-reactive ketones (excluding diaryl/α,β-unsaturated/α-hetero) is 1. The van der Waals surface area contributed by atoms with Crippen molar-refractivity contribution >= 4 is 46.4 Å². The van der Waals surface area contributed by atoms with Gasteiger partial charge in [0.1, 0.15) is 28.3 Å². The first-order valence-electron chi connectivity index (χ1n) is 18.2. The molecular weight excluding hydrogens is 686 g/mol. The molecule has 4 heterocycles. The van der Waals surface area contributed by atoms with Gasteiger partial charge in [0.05, 0.1) is 5.71 Å².